The topological polar surface area (TPSA) is 87.2 Å². The zero-order valence-electron chi connectivity index (χ0n) is 12.6. The van der Waals surface area contributed by atoms with Gasteiger partial charge in [0, 0.05) is 26.4 Å². The normalized spacial score (nSPS) is 40.0. The maximum absolute atomic E-state index is 12.1. The van der Waals surface area contributed by atoms with Crippen molar-refractivity contribution in [3.8, 4) is 0 Å². The van der Waals surface area contributed by atoms with Crippen LogP contribution in [-0.2, 0) is 14.3 Å². The number of nitrogens with zero attached hydrogens (tertiary/aromatic N) is 2. The molecule has 4 heterocycles. The van der Waals surface area contributed by atoms with Gasteiger partial charge < -0.3 is 14.8 Å². The van der Waals surface area contributed by atoms with Crippen molar-refractivity contribution >= 4 is 11.9 Å². The summed E-state index contributed by atoms with van der Waals surface area (Å²) in [6, 6.07) is -0.00753. The van der Waals surface area contributed by atoms with Gasteiger partial charge in [-0.3, -0.25) is 9.69 Å². The Balaban J connectivity index is 1.38. The van der Waals surface area contributed by atoms with E-state index in [4.69, 9.17) is 9.47 Å². The van der Waals surface area contributed by atoms with Crippen LogP contribution in [-0.4, -0.2) is 68.0 Å². The molecule has 4 aliphatic heterocycles. The van der Waals surface area contributed by atoms with E-state index in [0.717, 1.165) is 39.0 Å². The molecule has 8 heteroatoms. The third kappa shape index (κ3) is 2.77. The third-order valence-electron chi connectivity index (χ3n) is 4.90. The summed E-state index contributed by atoms with van der Waals surface area (Å²) in [5.41, 5.74) is 6.61. The number of cyclic esters (lactones) is 1. The molecule has 0 aromatic carbocycles. The van der Waals surface area contributed by atoms with E-state index in [-0.39, 0.29) is 24.0 Å². The molecule has 4 atom stereocenters. The average molecular weight is 309 g/mol. The highest BCUT2D eigenvalue weighted by Crippen LogP contribution is 2.25. The van der Waals surface area contributed by atoms with Crippen molar-refractivity contribution in [2.24, 2.45) is 10.9 Å². The number of carbonyl (C=O) groups excluding carboxylic acids is 1. The Morgan fingerprint density at radius 1 is 1.23 bits per heavy atom. The predicted octanol–water partition coefficient (Wildman–Crippen LogP) is -1.21. The summed E-state index contributed by atoms with van der Waals surface area (Å²) in [5.74, 6) is 0.124. The van der Waals surface area contributed by atoms with Gasteiger partial charge in [-0.05, 0) is 19.3 Å². The number of aliphatic imine (C=N–C) groups is 1. The lowest BCUT2D eigenvalue weighted by atomic mass is 9.95. The van der Waals surface area contributed by atoms with Crippen LogP contribution in [0.5, 0.6) is 0 Å². The minimum absolute atomic E-state index is 0.0207. The van der Waals surface area contributed by atoms with Crippen LogP contribution in [0.2, 0.25) is 0 Å². The molecule has 4 aliphatic rings. The monoisotopic (exact) mass is 309 g/mol. The van der Waals surface area contributed by atoms with Gasteiger partial charge in [0.25, 0.3) is 0 Å². The van der Waals surface area contributed by atoms with Crippen molar-refractivity contribution in [2.75, 3.05) is 33.0 Å². The number of hydrogen-bond acceptors (Lipinski definition) is 8. The SMILES string of the molecule is O=C1OC(C2CCC(N3CCNC3)NN2)=NC2CCOCC12. The van der Waals surface area contributed by atoms with Gasteiger partial charge in [-0.1, -0.05) is 0 Å². The number of fused-ring (bicyclic) bond motifs is 1. The molecule has 0 aromatic rings. The molecule has 4 unspecified atom stereocenters. The molecule has 0 aliphatic carbocycles. The summed E-state index contributed by atoms with van der Waals surface area (Å²) >= 11 is 0. The van der Waals surface area contributed by atoms with E-state index in [2.05, 4.69) is 26.1 Å². The highest BCUT2D eigenvalue weighted by atomic mass is 16.6. The van der Waals surface area contributed by atoms with E-state index in [9.17, 15) is 4.79 Å². The minimum atomic E-state index is -0.225. The van der Waals surface area contributed by atoms with E-state index in [1.807, 2.05) is 0 Å². The Labute approximate surface area is 129 Å². The molecule has 3 N–H and O–H groups in total. The molecule has 0 bridgehead atoms. The van der Waals surface area contributed by atoms with E-state index in [1.54, 1.807) is 0 Å². The van der Waals surface area contributed by atoms with Crippen LogP contribution in [0.1, 0.15) is 19.3 Å². The maximum atomic E-state index is 12.1. The van der Waals surface area contributed by atoms with Gasteiger partial charge in [-0.2, -0.15) is 0 Å². The summed E-state index contributed by atoms with van der Waals surface area (Å²) in [6.07, 6.45) is 3.04. The third-order valence-corrected chi connectivity index (χ3v) is 4.90. The van der Waals surface area contributed by atoms with Gasteiger partial charge in [-0.25, -0.2) is 15.8 Å². The van der Waals surface area contributed by atoms with Crippen molar-refractivity contribution in [3.63, 3.8) is 0 Å². The number of nitrogens with one attached hydrogen (secondary N) is 3. The Kier molecular flexibility index (Phi) is 4.10. The predicted molar refractivity (Wildman–Crippen MR) is 78.9 cm³/mol. The number of carbonyl (C=O) groups is 1. The van der Waals surface area contributed by atoms with Gasteiger partial charge >= 0.3 is 5.97 Å². The highest BCUT2D eigenvalue weighted by Gasteiger charge is 2.40. The molecule has 3 fully saturated rings. The molecule has 4 rings (SSSR count). The molecule has 22 heavy (non-hydrogen) atoms. The maximum Gasteiger partial charge on any atom is 0.320 e. The molecular weight excluding hydrogens is 286 g/mol. The number of ether oxygens (including phenoxy) is 2. The van der Waals surface area contributed by atoms with Crippen LogP contribution in [0.4, 0.5) is 0 Å². The van der Waals surface area contributed by atoms with Crippen LogP contribution < -0.4 is 16.2 Å². The average Bonchev–Trinajstić information content (AvgIpc) is 3.09. The van der Waals surface area contributed by atoms with Gasteiger partial charge in [0.1, 0.15) is 5.92 Å². The molecule has 0 radical (unpaired) electrons. The van der Waals surface area contributed by atoms with Crippen LogP contribution in [0.25, 0.3) is 0 Å². The quantitative estimate of drug-likeness (QED) is 0.552. The highest BCUT2D eigenvalue weighted by molar-refractivity contribution is 5.95. The lowest BCUT2D eigenvalue weighted by Crippen LogP contribution is -2.61. The first-order valence-electron chi connectivity index (χ1n) is 8.14. The zero-order chi connectivity index (χ0) is 14.9. The van der Waals surface area contributed by atoms with Crippen LogP contribution in [0.15, 0.2) is 4.99 Å². The summed E-state index contributed by atoms with van der Waals surface area (Å²) in [5, 5.41) is 3.33. The summed E-state index contributed by atoms with van der Waals surface area (Å²) in [7, 11) is 0. The smallest absolute Gasteiger partial charge is 0.320 e. The second-order valence-electron chi connectivity index (χ2n) is 6.33. The first kappa shape index (κ1) is 14.5. The number of rotatable bonds is 2. The van der Waals surface area contributed by atoms with Gasteiger partial charge in [0.2, 0.25) is 5.90 Å². The van der Waals surface area contributed by atoms with E-state index in [0.29, 0.717) is 25.3 Å². The zero-order valence-corrected chi connectivity index (χ0v) is 12.6. The second kappa shape index (κ2) is 6.21. The minimum Gasteiger partial charge on any atom is -0.410 e. The Hall–Kier alpha value is -1.06. The number of esters is 1. The summed E-state index contributed by atoms with van der Waals surface area (Å²) in [6.45, 7) is 4.12. The Morgan fingerprint density at radius 2 is 2.18 bits per heavy atom. The lowest BCUT2D eigenvalue weighted by molar-refractivity contribution is -0.147. The molecular formula is C14H23N5O3. The van der Waals surface area contributed by atoms with Crippen molar-refractivity contribution in [3.05, 3.63) is 0 Å². The van der Waals surface area contributed by atoms with E-state index >= 15 is 0 Å². The van der Waals surface area contributed by atoms with Gasteiger partial charge in [-0.15, -0.1) is 0 Å². The lowest BCUT2D eigenvalue weighted by Gasteiger charge is -2.38. The van der Waals surface area contributed by atoms with Crippen molar-refractivity contribution < 1.29 is 14.3 Å². The van der Waals surface area contributed by atoms with Gasteiger partial charge in [0.15, 0.2) is 0 Å². The Morgan fingerprint density at radius 3 is 2.95 bits per heavy atom. The first-order valence-corrected chi connectivity index (χ1v) is 8.14. The standard InChI is InChI=1S/C14H23N5O3/c20-14-9-7-21-6-3-10(9)16-13(22-14)11-1-2-12(18-17-11)19-5-4-15-8-19/h9-12,15,17-18H,1-8H2. The fourth-order valence-electron chi connectivity index (χ4n) is 3.55. The van der Waals surface area contributed by atoms with Crippen molar-refractivity contribution in [1.82, 2.24) is 21.1 Å². The second-order valence-corrected chi connectivity index (χ2v) is 6.33. The van der Waals surface area contributed by atoms with E-state index < -0.39 is 0 Å². The molecule has 0 saturated carbocycles. The van der Waals surface area contributed by atoms with Crippen molar-refractivity contribution in [1.29, 1.82) is 0 Å². The fraction of sp³-hybridized carbons (Fsp3) is 0.857. The number of hydrazine groups is 1. The van der Waals surface area contributed by atoms with Crippen LogP contribution in [0, 0.1) is 5.92 Å². The molecule has 122 valence electrons. The molecule has 0 amide bonds. The number of hydrogen-bond donors (Lipinski definition) is 3. The van der Waals surface area contributed by atoms with E-state index in [1.165, 1.54) is 0 Å². The fourth-order valence-corrected chi connectivity index (χ4v) is 3.55. The summed E-state index contributed by atoms with van der Waals surface area (Å²) in [4.78, 5) is 19.1. The van der Waals surface area contributed by atoms with Crippen molar-refractivity contribution in [2.45, 2.75) is 37.5 Å². The molecule has 8 nitrogen and oxygen atoms in total. The molecule has 0 spiro atoms. The van der Waals surface area contributed by atoms with Gasteiger partial charge in [0.05, 0.1) is 24.9 Å². The Bertz CT molecular complexity index is 457. The largest absolute Gasteiger partial charge is 0.410 e. The van der Waals surface area contributed by atoms with Crippen LogP contribution in [0.3, 0.4) is 0 Å². The summed E-state index contributed by atoms with van der Waals surface area (Å²) < 4.78 is 10.8. The first-order chi connectivity index (χ1) is 10.8. The van der Waals surface area contributed by atoms with Crippen LogP contribution >= 0.6 is 0 Å². The molecule has 3 saturated heterocycles. The molecule has 0 aromatic heterocycles.